The molecular formula is C25H24F3N5O2S. The van der Waals surface area contributed by atoms with Gasteiger partial charge >= 0.3 is 6.36 Å². The van der Waals surface area contributed by atoms with Crippen molar-refractivity contribution in [1.29, 1.82) is 0 Å². The Balaban J connectivity index is 1.24. The summed E-state index contributed by atoms with van der Waals surface area (Å²) < 4.78 is 41.8. The van der Waals surface area contributed by atoms with Gasteiger partial charge in [-0.15, -0.1) is 24.5 Å². The molecule has 1 fully saturated rings. The zero-order valence-corrected chi connectivity index (χ0v) is 20.0. The van der Waals surface area contributed by atoms with Crippen LogP contribution in [0.25, 0.3) is 5.82 Å². The van der Waals surface area contributed by atoms with Crippen molar-refractivity contribution in [2.24, 2.45) is 4.99 Å². The fourth-order valence-corrected chi connectivity index (χ4v) is 5.20. The third kappa shape index (κ3) is 5.97. The van der Waals surface area contributed by atoms with Crippen molar-refractivity contribution in [2.75, 3.05) is 25.1 Å². The first kappa shape index (κ1) is 24.1. The van der Waals surface area contributed by atoms with Crippen LogP contribution in [0.5, 0.6) is 5.75 Å². The quantitative estimate of drug-likeness (QED) is 0.451. The maximum absolute atomic E-state index is 13.0. The first-order valence-electron chi connectivity index (χ1n) is 11.4. The second-order valence-corrected chi connectivity index (χ2v) is 9.61. The molecule has 1 aromatic heterocycles. The minimum absolute atomic E-state index is 0.0782. The number of hydrogen-bond acceptors (Lipinski definition) is 7. The third-order valence-corrected chi connectivity index (χ3v) is 6.96. The highest BCUT2D eigenvalue weighted by molar-refractivity contribution is 7.11. The van der Waals surface area contributed by atoms with Crippen molar-refractivity contribution >= 4 is 28.8 Å². The molecule has 3 heterocycles. The normalized spacial score (nSPS) is 17.6. The molecule has 11 heteroatoms. The van der Waals surface area contributed by atoms with Crippen LogP contribution in [0.1, 0.15) is 21.7 Å². The van der Waals surface area contributed by atoms with Gasteiger partial charge in [-0.05, 0) is 42.3 Å². The number of nitrogens with zero attached hydrogens (tertiary/aromatic N) is 2. The van der Waals surface area contributed by atoms with Gasteiger partial charge in [0.25, 0.3) is 5.91 Å². The van der Waals surface area contributed by atoms with Gasteiger partial charge in [0.15, 0.2) is 0 Å². The number of carbonyl (C=O) groups excluding carboxylic acids is 1. The average Bonchev–Trinajstić information content (AvgIpc) is 3.47. The Kier molecular flexibility index (Phi) is 6.84. The topological polar surface area (TPSA) is 78.0 Å². The number of ether oxygens (including phenoxy) is 1. The lowest BCUT2D eigenvalue weighted by atomic mass is 10.2. The zero-order chi connectivity index (χ0) is 25.1. The van der Waals surface area contributed by atoms with Crippen molar-refractivity contribution in [3.63, 3.8) is 0 Å². The van der Waals surface area contributed by atoms with Crippen LogP contribution in [0.15, 0.2) is 65.7 Å². The van der Waals surface area contributed by atoms with Gasteiger partial charge in [0.05, 0.1) is 10.1 Å². The van der Waals surface area contributed by atoms with Gasteiger partial charge in [-0.1, -0.05) is 30.3 Å². The van der Waals surface area contributed by atoms with E-state index in [1.54, 1.807) is 6.07 Å². The lowest BCUT2D eigenvalue weighted by molar-refractivity contribution is -0.274. The summed E-state index contributed by atoms with van der Waals surface area (Å²) in [6.07, 6.45) is -3.85. The Bertz CT molecular complexity index is 1340. The summed E-state index contributed by atoms with van der Waals surface area (Å²) in [4.78, 5) is 20.3. The Morgan fingerprint density at radius 2 is 1.94 bits per heavy atom. The molecule has 0 bridgehead atoms. The molecule has 36 heavy (non-hydrogen) atoms. The molecule has 1 atom stereocenters. The molecule has 1 unspecified atom stereocenters. The van der Waals surface area contributed by atoms with E-state index in [1.807, 2.05) is 18.2 Å². The molecule has 7 nitrogen and oxygen atoms in total. The molecule has 0 saturated carbocycles. The Morgan fingerprint density at radius 1 is 1.17 bits per heavy atom. The maximum atomic E-state index is 13.0. The van der Waals surface area contributed by atoms with Crippen molar-refractivity contribution in [1.82, 2.24) is 15.5 Å². The fourth-order valence-electron chi connectivity index (χ4n) is 4.26. The van der Waals surface area contributed by atoms with E-state index in [0.717, 1.165) is 35.9 Å². The zero-order valence-electron chi connectivity index (χ0n) is 19.1. The number of thiophene rings is 1. The molecule has 3 aromatic rings. The average molecular weight is 516 g/mol. The minimum atomic E-state index is -4.74. The number of amides is 1. The van der Waals surface area contributed by atoms with Crippen LogP contribution < -0.4 is 30.6 Å². The number of hydrogen-bond donors (Lipinski definition) is 3. The molecule has 0 spiro atoms. The molecular weight excluding hydrogens is 491 g/mol. The standard InChI is InChI=1S/C25H24F3N5O2S/c26-25(27,28)35-19-8-6-17(7-9-19)31-22-20-12-21(36-24(20)30-15-29-22)23(34)32-18-10-11-33(14-18)13-16-4-2-1-3-5-16/h1-9,12,18,29,31H,10-11,13-15H2,(H,32,34). The summed E-state index contributed by atoms with van der Waals surface area (Å²) in [5, 5.41) is 10.2. The second kappa shape index (κ2) is 10.2. The monoisotopic (exact) mass is 515 g/mol. The van der Waals surface area contributed by atoms with Gasteiger partial charge in [-0.25, -0.2) is 0 Å². The highest BCUT2D eigenvalue weighted by atomic mass is 32.1. The lowest BCUT2D eigenvalue weighted by Gasteiger charge is -2.16. The number of halogens is 3. The summed E-state index contributed by atoms with van der Waals surface area (Å²) in [5.74, 6) is 0.202. The number of nitrogens with one attached hydrogen (secondary N) is 3. The van der Waals surface area contributed by atoms with Crippen LogP contribution in [0.4, 0.5) is 18.9 Å². The number of alkyl halides is 3. The molecule has 0 aliphatic carbocycles. The SMILES string of the molecule is O=C(NC1CCN(Cc2ccccc2)C1)c1cc2c(s1)=NCNC=2Nc1ccc(OC(F)(F)F)cc1. The maximum Gasteiger partial charge on any atom is 0.573 e. The summed E-state index contributed by atoms with van der Waals surface area (Å²) in [5.41, 5.74) is 1.82. The van der Waals surface area contributed by atoms with Crippen molar-refractivity contribution in [3.05, 3.63) is 81.0 Å². The van der Waals surface area contributed by atoms with Crippen LogP contribution in [0.2, 0.25) is 0 Å². The molecule has 188 valence electrons. The molecule has 1 saturated heterocycles. The van der Waals surface area contributed by atoms with Crippen LogP contribution in [-0.2, 0) is 6.54 Å². The van der Waals surface area contributed by atoms with Crippen molar-refractivity contribution < 1.29 is 22.7 Å². The summed E-state index contributed by atoms with van der Waals surface area (Å²) >= 11 is 1.32. The van der Waals surface area contributed by atoms with Crippen LogP contribution in [-0.4, -0.2) is 43.0 Å². The largest absolute Gasteiger partial charge is 0.573 e. The number of anilines is 1. The first-order valence-corrected chi connectivity index (χ1v) is 12.3. The van der Waals surface area contributed by atoms with Gasteiger partial charge < -0.3 is 20.7 Å². The van der Waals surface area contributed by atoms with Gasteiger partial charge in [0, 0.05) is 31.4 Å². The fraction of sp³-hybridized carbons (Fsp3) is 0.280. The highest BCUT2D eigenvalue weighted by Gasteiger charge is 2.31. The van der Waals surface area contributed by atoms with Crippen molar-refractivity contribution in [3.8, 4) is 5.75 Å². The van der Waals surface area contributed by atoms with Gasteiger partial charge in [-0.3, -0.25) is 14.7 Å². The van der Waals surface area contributed by atoms with Crippen LogP contribution >= 0.6 is 11.3 Å². The van der Waals surface area contributed by atoms with E-state index in [9.17, 15) is 18.0 Å². The molecule has 0 radical (unpaired) electrons. The van der Waals surface area contributed by atoms with E-state index in [-0.39, 0.29) is 17.7 Å². The summed E-state index contributed by atoms with van der Waals surface area (Å²) in [6, 6.07) is 17.6. The Labute approximate surface area is 209 Å². The number of likely N-dealkylation sites (tertiary alicyclic amines) is 1. The van der Waals surface area contributed by atoms with Gasteiger partial charge in [-0.2, -0.15) is 0 Å². The second-order valence-electron chi connectivity index (χ2n) is 8.57. The minimum Gasteiger partial charge on any atom is -0.406 e. The number of fused-ring (bicyclic) bond motifs is 1. The smallest absolute Gasteiger partial charge is 0.406 e. The Morgan fingerprint density at radius 3 is 2.69 bits per heavy atom. The summed E-state index contributed by atoms with van der Waals surface area (Å²) in [7, 11) is 0. The highest BCUT2D eigenvalue weighted by Crippen LogP contribution is 2.24. The molecule has 2 aliphatic heterocycles. The molecule has 3 N–H and O–H groups in total. The first-order chi connectivity index (χ1) is 17.3. The van der Waals surface area contributed by atoms with E-state index in [4.69, 9.17) is 0 Å². The predicted octanol–water partition coefficient (Wildman–Crippen LogP) is 3.01. The molecule has 5 rings (SSSR count). The molecule has 2 aliphatic rings. The Hall–Kier alpha value is -3.57. The molecule has 2 aromatic carbocycles. The molecule has 1 amide bonds. The lowest BCUT2D eigenvalue weighted by Crippen LogP contribution is -2.38. The van der Waals surface area contributed by atoms with E-state index >= 15 is 0 Å². The van der Waals surface area contributed by atoms with E-state index in [0.29, 0.717) is 23.1 Å². The van der Waals surface area contributed by atoms with Crippen LogP contribution in [0.3, 0.4) is 0 Å². The number of rotatable bonds is 7. The van der Waals surface area contributed by atoms with Crippen molar-refractivity contribution in [2.45, 2.75) is 25.4 Å². The van der Waals surface area contributed by atoms with Crippen LogP contribution in [0, 0.1) is 0 Å². The van der Waals surface area contributed by atoms with Gasteiger partial charge in [0.2, 0.25) is 0 Å². The number of benzene rings is 2. The van der Waals surface area contributed by atoms with E-state index < -0.39 is 6.36 Å². The van der Waals surface area contributed by atoms with E-state index in [1.165, 1.54) is 41.2 Å². The number of carbonyl (C=O) groups is 1. The van der Waals surface area contributed by atoms with Gasteiger partial charge in [0.1, 0.15) is 22.9 Å². The predicted molar refractivity (Wildman–Crippen MR) is 131 cm³/mol. The summed E-state index contributed by atoms with van der Waals surface area (Å²) in [6.45, 7) is 2.90. The van der Waals surface area contributed by atoms with E-state index in [2.05, 4.69) is 42.7 Å². The third-order valence-electron chi connectivity index (χ3n) is 5.90.